The summed E-state index contributed by atoms with van der Waals surface area (Å²) in [5.74, 6) is 0. The van der Waals surface area contributed by atoms with Gasteiger partial charge in [0, 0.05) is 24.3 Å². The van der Waals surface area contributed by atoms with E-state index >= 15 is 0 Å². The summed E-state index contributed by atoms with van der Waals surface area (Å²) < 4.78 is 5.77. The molecule has 0 amide bonds. The molecular formula is C16H26N2O2. The van der Waals surface area contributed by atoms with E-state index in [2.05, 4.69) is 31.1 Å². The maximum absolute atomic E-state index is 9.92. The minimum atomic E-state index is -0.302. The standard InChI is InChI=1S/C16H26N2O2/c1-5-20-14-10-16(11-19,15(14,3)4)18-12(2)13-8-6-7-9-17-13/h6-9,12,14,18-19H,5,10-11H2,1-4H3. The molecule has 20 heavy (non-hydrogen) atoms. The maximum atomic E-state index is 9.92. The topological polar surface area (TPSA) is 54.4 Å². The Morgan fingerprint density at radius 2 is 2.25 bits per heavy atom. The van der Waals surface area contributed by atoms with Gasteiger partial charge in [-0.1, -0.05) is 19.9 Å². The molecule has 3 atom stereocenters. The number of nitrogens with zero attached hydrogens (tertiary/aromatic N) is 1. The number of hydrogen-bond donors (Lipinski definition) is 2. The molecule has 1 saturated carbocycles. The molecule has 1 fully saturated rings. The van der Waals surface area contributed by atoms with Crippen molar-refractivity contribution in [1.82, 2.24) is 10.3 Å². The molecule has 0 radical (unpaired) electrons. The third-order valence-electron chi connectivity index (χ3n) is 4.83. The predicted octanol–water partition coefficient (Wildman–Crippen LogP) is 2.30. The molecule has 2 N–H and O–H groups in total. The number of aliphatic hydroxyl groups excluding tert-OH is 1. The van der Waals surface area contributed by atoms with Crippen LogP contribution in [0.25, 0.3) is 0 Å². The van der Waals surface area contributed by atoms with E-state index in [1.165, 1.54) is 0 Å². The summed E-state index contributed by atoms with van der Waals surface area (Å²) in [6.07, 6.45) is 2.83. The summed E-state index contributed by atoms with van der Waals surface area (Å²) in [7, 11) is 0. The lowest BCUT2D eigenvalue weighted by Crippen LogP contribution is -2.73. The Labute approximate surface area is 121 Å². The van der Waals surface area contributed by atoms with Gasteiger partial charge < -0.3 is 15.2 Å². The predicted molar refractivity (Wildman–Crippen MR) is 79.4 cm³/mol. The van der Waals surface area contributed by atoms with Crippen molar-refractivity contribution in [3.8, 4) is 0 Å². The number of nitrogens with one attached hydrogen (secondary N) is 1. The lowest BCUT2D eigenvalue weighted by molar-refractivity contribution is -0.180. The summed E-state index contributed by atoms with van der Waals surface area (Å²) in [6.45, 7) is 9.24. The number of rotatable bonds is 6. The average molecular weight is 278 g/mol. The van der Waals surface area contributed by atoms with Crippen molar-refractivity contribution in [3.05, 3.63) is 30.1 Å². The van der Waals surface area contributed by atoms with Gasteiger partial charge in [0.15, 0.2) is 0 Å². The van der Waals surface area contributed by atoms with E-state index < -0.39 is 0 Å². The second kappa shape index (κ2) is 5.80. The van der Waals surface area contributed by atoms with Crippen LogP contribution in [0, 0.1) is 5.41 Å². The Morgan fingerprint density at radius 1 is 1.50 bits per heavy atom. The third-order valence-corrected chi connectivity index (χ3v) is 4.83. The van der Waals surface area contributed by atoms with Gasteiger partial charge in [-0.3, -0.25) is 4.98 Å². The summed E-state index contributed by atoms with van der Waals surface area (Å²) in [5, 5.41) is 13.5. The van der Waals surface area contributed by atoms with Gasteiger partial charge in [0.05, 0.1) is 23.9 Å². The fourth-order valence-electron chi connectivity index (χ4n) is 3.16. The quantitative estimate of drug-likeness (QED) is 0.838. The van der Waals surface area contributed by atoms with E-state index in [0.29, 0.717) is 6.61 Å². The Hall–Kier alpha value is -0.970. The number of hydrogen-bond acceptors (Lipinski definition) is 4. The fraction of sp³-hybridized carbons (Fsp3) is 0.688. The third kappa shape index (κ3) is 2.48. The van der Waals surface area contributed by atoms with Crippen LogP contribution in [-0.4, -0.2) is 34.9 Å². The molecule has 0 aliphatic heterocycles. The van der Waals surface area contributed by atoms with Crippen LogP contribution in [0.3, 0.4) is 0 Å². The minimum absolute atomic E-state index is 0.0964. The van der Waals surface area contributed by atoms with Crippen molar-refractivity contribution in [2.24, 2.45) is 5.41 Å². The van der Waals surface area contributed by atoms with Crippen LogP contribution in [0.15, 0.2) is 24.4 Å². The smallest absolute Gasteiger partial charge is 0.0663 e. The summed E-state index contributed by atoms with van der Waals surface area (Å²) in [4.78, 5) is 4.38. The second-order valence-corrected chi connectivity index (χ2v) is 6.23. The largest absolute Gasteiger partial charge is 0.394 e. The zero-order valence-corrected chi connectivity index (χ0v) is 12.9. The molecule has 4 nitrogen and oxygen atoms in total. The number of pyridine rings is 1. The lowest BCUT2D eigenvalue weighted by atomic mass is 9.54. The zero-order chi connectivity index (χ0) is 14.8. The first kappa shape index (κ1) is 15.4. The second-order valence-electron chi connectivity index (χ2n) is 6.23. The van der Waals surface area contributed by atoms with Crippen LogP contribution in [0.1, 0.15) is 45.9 Å². The van der Waals surface area contributed by atoms with Crippen molar-refractivity contribution < 1.29 is 9.84 Å². The van der Waals surface area contributed by atoms with Crippen LogP contribution in [-0.2, 0) is 4.74 Å². The molecule has 1 aliphatic rings. The fourth-order valence-corrected chi connectivity index (χ4v) is 3.16. The average Bonchev–Trinajstić information content (AvgIpc) is 2.46. The van der Waals surface area contributed by atoms with Crippen molar-refractivity contribution in [1.29, 1.82) is 0 Å². The zero-order valence-electron chi connectivity index (χ0n) is 12.9. The summed E-state index contributed by atoms with van der Waals surface area (Å²) in [6, 6.07) is 6.01. The minimum Gasteiger partial charge on any atom is -0.394 e. The Bertz CT molecular complexity index is 435. The Balaban J connectivity index is 2.10. The van der Waals surface area contributed by atoms with E-state index in [0.717, 1.165) is 12.1 Å². The van der Waals surface area contributed by atoms with Gasteiger partial charge >= 0.3 is 0 Å². The van der Waals surface area contributed by atoms with E-state index in [1.54, 1.807) is 6.20 Å². The molecule has 112 valence electrons. The van der Waals surface area contributed by atoms with Crippen molar-refractivity contribution in [2.75, 3.05) is 13.2 Å². The molecule has 4 heteroatoms. The van der Waals surface area contributed by atoms with Gasteiger partial charge in [-0.05, 0) is 32.4 Å². The number of ether oxygens (including phenoxy) is 1. The van der Waals surface area contributed by atoms with Crippen molar-refractivity contribution in [2.45, 2.75) is 51.8 Å². The Morgan fingerprint density at radius 3 is 2.75 bits per heavy atom. The molecule has 1 aliphatic carbocycles. The van der Waals surface area contributed by atoms with E-state index in [9.17, 15) is 5.11 Å². The molecule has 0 spiro atoms. The van der Waals surface area contributed by atoms with Crippen molar-refractivity contribution in [3.63, 3.8) is 0 Å². The van der Waals surface area contributed by atoms with Gasteiger partial charge in [-0.15, -0.1) is 0 Å². The summed E-state index contributed by atoms with van der Waals surface area (Å²) >= 11 is 0. The van der Waals surface area contributed by atoms with Gasteiger partial charge in [0.2, 0.25) is 0 Å². The normalized spacial score (nSPS) is 29.8. The first-order chi connectivity index (χ1) is 9.47. The van der Waals surface area contributed by atoms with Crippen LogP contribution < -0.4 is 5.32 Å². The first-order valence-corrected chi connectivity index (χ1v) is 7.38. The Kier molecular flexibility index (Phi) is 4.47. The monoisotopic (exact) mass is 278 g/mol. The van der Waals surface area contributed by atoms with Gasteiger partial charge in [-0.2, -0.15) is 0 Å². The van der Waals surface area contributed by atoms with Crippen LogP contribution in [0.2, 0.25) is 0 Å². The highest BCUT2D eigenvalue weighted by Gasteiger charge is 2.60. The van der Waals surface area contributed by atoms with E-state index in [1.807, 2.05) is 25.1 Å². The van der Waals surface area contributed by atoms with Gasteiger partial charge in [-0.25, -0.2) is 0 Å². The van der Waals surface area contributed by atoms with Gasteiger partial charge in [0.1, 0.15) is 0 Å². The van der Waals surface area contributed by atoms with Crippen molar-refractivity contribution >= 4 is 0 Å². The molecule has 1 aromatic rings. The molecule has 2 rings (SSSR count). The molecule has 0 saturated heterocycles. The number of aliphatic hydroxyl groups is 1. The SMILES string of the molecule is CCOC1CC(CO)(NC(C)c2ccccn2)C1(C)C. The summed E-state index contributed by atoms with van der Waals surface area (Å²) in [5.41, 5.74) is 0.598. The molecule has 3 unspecified atom stereocenters. The molecule has 0 bridgehead atoms. The van der Waals surface area contributed by atoms with E-state index in [4.69, 9.17) is 4.74 Å². The highest BCUT2D eigenvalue weighted by atomic mass is 16.5. The molecule has 0 aromatic carbocycles. The highest BCUT2D eigenvalue weighted by Crippen LogP contribution is 2.51. The maximum Gasteiger partial charge on any atom is 0.0663 e. The molecule has 1 heterocycles. The molecule has 1 aromatic heterocycles. The van der Waals surface area contributed by atoms with Crippen LogP contribution in [0.5, 0.6) is 0 Å². The highest BCUT2D eigenvalue weighted by molar-refractivity contribution is 5.18. The van der Waals surface area contributed by atoms with Gasteiger partial charge in [0.25, 0.3) is 0 Å². The number of aromatic nitrogens is 1. The van der Waals surface area contributed by atoms with E-state index in [-0.39, 0.29) is 29.7 Å². The first-order valence-electron chi connectivity index (χ1n) is 7.38. The lowest BCUT2D eigenvalue weighted by Gasteiger charge is -2.61. The molecular weight excluding hydrogens is 252 g/mol. The van der Waals surface area contributed by atoms with Crippen LogP contribution in [0.4, 0.5) is 0 Å². The van der Waals surface area contributed by atoms with Crippen LogP contribution >= 0.6 is 0 Å².